The maximum atomic E-state index is 15.3. The molecule has 2 amide bonds. The van der Waals surface area contributed by atoms with Crippen molar-refractivity contribution in [1.82, 2.24) is 14.9 Å². The number of hydrogen-bond acceptors (Lipinski definition) is 7. The first-order chi connectivity index (χ1) is 21.9. The van der Waals surface area contributed by atoms with Crippen LogP contribution in [0.2, 0.25) is 25.7 Å². The number of halogens is 2. The number of urea groups is 1. The van der Waals surface area contributed by atoms with Crippen LogP contribution >= 0.6 is 0 Å². The lowest BCUT2D eigenvalue weighted by Gasteiger charge is -2.26. The Morgan fingerprint density at radius 1 is 1.15 bits per heavy atom. The van der Waals surface area contributed by atoms with E-state index in [-0.39, 0.29) is 30.3 Å². The third-order valence-corrected chi connectivity index (χ3v) is 8.87. The number of anilines is 1. The number of nitrogens with zero attached hydrogens (tertiary/aromatic N) is 3. The van der Waals surface area contributed by atoms with Gasteiger partial charge in [0, 0.05) is 50.5 Å². The highest BCUT2D eigenvalue weighted by Crippen LogP contribution is 2.40. The highest BCUT2D eigenvalue weighted by atomic mass is 28.3. The van der Waals surface area contributed by atoms with Crippen LogP contribution in [-0.4, -0.2) is 55.6 Å². The standard InChI is InChI=1S/C33H37F2N5O5Si/c1-20(2)44-28-7-6-21(12-22(28)15-36)25-16-40(19-42-10-11-46(3,4)5)32-30(25)29(8-9-37-32)45-31-26(34)13-23(14-27(31)35)38-33(41)39-24-17-43-18-24/h6-9,12-14,16,20,24H,10-11,17-19H2,1-5H3,(H2,38,39,41). The van der Waals surface area contributed by atoms with Crippen molar-refractivity contribution in [3.05, 3.63) is 66.0 Å². The fourth-order valence-electron chi connectivity index (χ4n) is 4.78. The lowest BCUT2D eigenvalue weighted by Crippen LogP contribution is -2.49. The molecule has 0 unspecified atom stereocenters. The van der Waals surface area contributed by atoms with Gasteiger partial charge in [-0.25, -0.2) is 18.6 Å². The van der Waals surface area contributed by atoms with Crippen LogP contribution in [0, 0.1) is 23.0 Å². The number of fused-ring (bicyclic) bond motifs is 1. The molecule has 242 valence electrons. The van der Waals surface area contributed by atoms with E-state index in [1.54, 1.807) is 16.7 Å². The van der Waals surface area contributed by atoms with Gasteiger partial charge in [-0.1, -0.05) is 25.7 Å². The lowest BCUT2D eigenvalue weighted by molar-refractivity contribution is 0.000734. The third kappa shape index (κ3) is 7.82. The molecule has 1 aliphatic rings. The fourth-order valence-corrected chi connectivity index (χ4v) is 5.54. The van der Waals surface area contributed by atoms with E-state index in [1.807, 2.05) is 26.1 Å². The second-order valence-corrected chi connectivity index (χ2v) is 18.2. The number of amides is 2. The Morgan fingerprint density at radius 2 is 1.89 bits per heavy atom. The van der Waals surface area contributed by atoms with Gasteiger partial charge in [0.05, 0.1) is 36.3 Å². The van der Waals surface area contributed by atoms with E-state index >= 15 is 8.78 Å². The molecule has 1 fully saturated rings. The van der Waals surface area contributed by atoms with Gasteiger partial charge in [-0.15, -0.1) is 0 Å². The van der Waals surface area contributed by atoms with E-state index in [9.17, 15) is 10.1 Å². The molecule has 0 saturated carbocycles. The van der Waals surface area contributed by atoms with Crippen molar-refractivity contribution in [2.75, 3.05) is 25.1 Å². The predicted octanol–water partition coefficient (Wildman–Crippen LogP) is 7.27. The molecule has 1 aliphatic heterocycles. The number of nitriles is 1. The number of rotatable bonds is 12. The van der Waals surface area contributed by atoms with Crippen LogP contribution in [0.15, 0.2) is 48.8 Å². The van der Waals surface area contributed by atoms with E-state index in [0.29, 0.717) is 53.3 Å². The minimum Gasteiger partial charge on any atom is -0.490 e. The molecule has 0 bridgehead atoms. The lowest BCUT2D eigenvalue weighted by atomic mass is 10.0. The van der Waals surface area contributed by atoms with E-state index in [0.717, 1.165) is 18.2 Å². The first-order valence-corrected chi connectivity index (χ1v) is 18.7. The molecule has 0 radical (unpaired) electrons. The zero-order valence-corrected chi connectivity index (χ0v) is 27.4. The largest absolute Gasteiger partial charge is 0.490 e. The van der Waals surface area contributed by atoms with Crippen LogP contribution in [0.1, 0.15) is 19.4 Å². The number of benzene rings is 2. The molecular weight excluding hydrogens is 612 g/mol. The number of carbonyl (C=O) groups excluding carboxylic acids is 1. The van der Waals surface area contributed by atoms with Gasteiger partial charge >= 0.3 is 6.03 Å². The Balaban J connectivity index is 1.51. The predicted molar refractivity (Wildman–Crippen MR) is 173 cm³/mol. The highest BCUT2D eigenvalue weighted by molar-refractivity contribution is 6.76. The molecule has 0 aliphatic carbocycles. The molecule has 2 N–H and O–H groups in total. The maximum Gasteiger partial charge on any atom is 0.319 e. The number of hydrogen-bond donors (Lipinski definition) is 2. The van der Waals surface area contributed by atoms with E-state index < -0.39 is 31.5 Å². The molecule has 3 heterocycles. The zero-order valence-electron chi connectivity index (χ0n) is 26.4. The normalized spacial score (nSPS) is 13.4. The second-order valence-electron chi connectivity index (χ2n) is 12.6. The molecule has 10 nitrogen and oxygen atoms in total. The molecule has 46 heavy (non-hydrogen) atoms. The molecule has 4 aromatic rings. The number of carbonyl (C=O) groups is 1. The van der Waals surface area contributed by atoms with Crippen LogP contribution in [0.4, 0.5) is 19.3 Å². The first kappa shape index (κ1) is 32.9. The molecule has 2 aromatic carbocycles. The Hall–Kier alpha value is -4.51. The van der Waals surface area contributed by atoms with Crippen molar-refractivity contribution in [3.8, 4) is 34.4 Å². The summed E-state index contributed by atoms with van der Waals surface area (Å²) in [7, 11) is -1.32. The van der Waals surface area contributed by atoms with E-state index in [1.165, 1.54) is 12.3 Å². The summed E-state index contributed by atoms with van der Waals surface area (Å²) in [5.74, 6) is -2.08. The van der Waals surface area contributed by atoms with Crippen molar-refractivity contribution in [3.63, 3.8) is 0 Å². The van der Waals surface area contributed by atoms with Crippen molar-refractivity contribution >= 4 is 30.8 Å². The zero-order chi connectivity index (χ0) is 33.0. The van der Waals surface area contributed by atoms with Gasteiger partial charge < -0.3 is 34.1 Å². The molecule has 0 atom stereocenters. The maximum absolute atomic E-state index is 15.3. The van der Waals surface area contributed by atoms with E-state index in [2.05, 4.69) is 41.3 Å². The van der Waals surface area contributed by atoms with Gasteiger partial charge in [-0.3, -0.25) is 0 Å². The van der Waals surface area contributed by atoms with Crippen molar-refractivity contribution in [2.45, 2.75) is 58.4 Å². The summed E-state index contributed by atoms with van der Waals surface area (Å²) < 4.78 is 55.2. The van der Waals surface area contributed by atoms with Crippen molar-refractivity contribution in [1.29, 1.82) is 5.26 Å². The average Bonchev–Trinajstić information content (AvgIpc) is 3.34. The number of pyridine rings is 1. The van der Waals surface area contributed by atoms with Crippen LogP contribution in [0.3, 0.4) is 0 Å². The van der Waals surface area contributed by atoms with Gasteiger partial charge in [-0.2, -0.15) is 5.26 Å². The number of aromatic nitrogens is 2. The molecular formula is C33H37F2N5O5Si. The van der Waals surface area contributed by atoms with E-state index in [4.69, 9.17) is 18.9 Å². The van der Waals surface area contributed by atoms with Crippen LogP contribution in [0.25, 0.3) is 22.2 Å². The monoisotopic (exact) mass is 649 g/mol. The SMILES string of the molecule is CC(C)Oc1ccc(-c2cn(COCC[Si](C)(C)C)c3nccc(Oc4c(F)cc(NC(=O)NC5COC5)cc4F)c23)cc1C#N. The molecule has 1 saturated heterocycles. The number of nitrogens with one attached hydrogen (secondary N) is 2. The Kier molecular flexibility index (Phi) is 9.90. The first-order valence-electron chi connectivity index (χ1n) is 15.0. The summed E-state index contributed by atoms with van der Waals surface area (Å²) in [6, 6.07) is 11.1. The summed E-state index contributed by atoms with van der Waals surface area (Å²) >= 11 is 0. The fraction of sp³-hybridized carbons (Fsp3) is 0.364. The molecule has 13 heteroatoms. The Morgan fingerprint density at radius 3 is 2.52 bits per heavy atom. The summed E-state index contributed by atoms with van der Waals surface area (Å²) in [6.07, 6.45) is 3.18. The van der Waals surface area contributed by atoms with Crippen LogP contribution in [0.5, 0.6) is 17.2 Å². The Labute approximate surface area is 267 Å². The number of ether oxygens (including phenoxy) is 4. The Bertz CT molecular complexity index is 1760. The van der Waals surface area contributed by atoms with Crippen LogP contribution in [-0.2, 0) is 16.2 Å². The quantitative estimate of drug-likeness (QED) is 0.122. The second kappa shape index (κ2) is 13.9. The van der Waals surface area contributed by atoms with Gasteiger partial charge in [0.1, 0.15) is 29.9 Å². The molecule has 5 rings (SSSR count). The van der Waals surface area contributed by atoms with Gasteiger partial charge in [0.25, 0.3) is 0 Å². The van der Waals surface area contributed by atoms with Gasteiger partial charge in [0.15, 0.2) is 17.4 Å². The molecule has 2 aromatic heterocycles. The summed E-state index contributed by atoms with van der Waals surface area (Å²) in [4.78, 5) is 16.8. The average molecular weight is 650 g/mol. The molecule has 0 spiro atoms. The van der Waals surface area contributed by atoms with Gasteiger partial charge in [-0.05, 0) is 43.7 Å². The van der Waals surface area contributed by atoms with Crippen molar-refractivity contribution < 1.29 is 32.5 Å². The van der Waals surface area contributed by atoms with Crippen LogP contribution < -0.4 is 20.1 Å². The van der Waals surface area contributed by atoms with Crippen molar-refractivity contribution in [2.24, 2.45) is 0 Å². The minimum absolute atomic E-state index is 0.0741. The third-order valence-electron chi connectivity index (χ3n) is 7.16. The summed E-state index contributed by atoms with van der Waals surface area (Å²) in [6.45, 7) is 12.1. The highest BCUT2D eigenvalue weighted by Gasteiger charge is 2.23. The minimum atomic E-state index is -1.32. The summed E-state index contributed by atoms with van der Waals surface area (Å²) in [5.41, 5.74) is 2.00. The topological polar surface area (TPSA) is 120 Å². The summed E-state index contributed by atoms with van der Waals surface area (Å²) in [5, 5.41) is 15.4. The smallest absolute Gasteiger partial charge is 0.319 e. The van der Waals surface area contributed by atoms with Gasteiger partial charge in [0.2, 0.25) is 0 Å².